The Morgan fingerprint density at radius 1 is 1.10 bits per heavy atom. The molecule has 1 unspecified atom stereocenters. The van der Waals surface area contributed by atoms with Crippen LogP contribution in [0.4, 0.5) is 0 Å². The number of carbonyl (C=O) groups is 2. The van der Waals surface area contributed by atoms with Gasteiger partial charge in [-0.1, -0.05) is 31.5 Å². The fourth-order valence-corrected chi connectivity index (χ4v) is 2.93. The molecule has 2 amide bonds. The van der Waals surface area contributed by atoms with E-state index in [2.05, 4.69) is 15.8 Å². The minimum absolute atomic E-state index is 0.189. The molecule has 0 saturated heterocycles. The summed E-state index contributed by atoms with van der Waals surface area (Å²) in [4.78, 5) is 25.1. The van der Waals surface area contributed by atoms with Crippen LogP contribution in [0, 0.1) is 5.92 Å². The van der Waals surface area contributed by atoms with Gasteiger partial charge in [-0.25, -0.2) is 5.43 Å². The Morgan fingerprint density at radius 2 is 1.80 bits per heavy atom. The van der Waals surface area contributed by atoms with Gasteiger partial charge in [0, 0.05) is 16.1 Å². The second-order valence-corrected chi connectivity index (χ2v) is 7.42. The molecule has 2 rings (SSSR count). The highest BCUT2D eigenvalue weighted by Gasteiger charge is 2.22. The minimum Gasteiger partial charge on any atom is -0.493 e. The molecule has 0 spiro atoms. The largest absolute Gasteiger partial charge is 0.493 e. The number of methoxy groups -OCH3 is 2. The number of rotatable bonds is 9. The van der Waals surface area contributed by atoms with Crippen LogP contribution in [0.25, 0.3) is 0 Å². The highest BCUT2D eigenvalue weighted by Crippen LogP contribution is 2.29. The summed E-state index contributed by atoms with van der Waals surface area (Å²) >= 11 is 5.86. The van der Waals surface area contributed by atoms with Crippen LogP contribution < -0.4 is 20.2 Å². The summed E-state index contributed by atoms with van der Waals surface area (Å²) in [6.45, 7) is 3.94. The zero-order valence-corrected chi connectivity index (χ0v) is 18.2. The van der Waals surface area contributed by atoms with Gasteiger partial charge in [-0.05, 0) is 48.7 Å². The van der Waals surface area contributed by atoms with Crippen LogP contribution >= 0.6 is 11.6 Å². The van der Waals surface area contributed by atoms with Crippen molar-refractivity contribution in [3.05, 3.63) is 58.6 Å². The average molecular weight is 432 g/mol. The van der Waals surface area contributed by atoms with E-state index in [1.54, 1.807) is 49.6 Å². The number of benzene rings is 2. The first kappa shape index (κ1) is 23.2. The normalized spacial score (nSPS) is 11.9. The van der Waals surface area contributed by atoms with Gasteiger partial charge in [0.1, 0.15) is 6.04 Å². The van der Waals surface area contributed by atoms with E-state index < -0.39 is 11.9 Å². The highest BCUT2D eigenvalue weighted by molar-refractivity contribution is 6.30. The van der Waals surface area contributed by atoms with E-state index in [0.29, 0.717) is 34.1 Å². The first-order valence-corrected chi connectivity index (χ1v) is 9.83. The summed E-state index contributed by atoms with van der Waals surface area (Å²) in [5, 5.41) is 7.31. The van der Waals surface area contributed by atoms with Gasteiger partial charge < -0.3 is 14.8 Å². The van der Waals surface area contributed by atoms with Crippen LogP contribution in [0.5, 0.6) is 11.5 Å². The van der Waals surface area contributed by atoms with E-state index in [1.165, 1.54) is 13.3 Å². The second kappa shape index (κ2) is 11.2. The number of amides is 2. The fraction of sp³-hybridized carbons (Fsp3) is 0.318. The number of hydrogen-bond donors (Lipinski definition) is 2. The Morgan fingerprint density at radius 3 is 2.40 bits per heavy atom. The molecule has 0 aliphatic carbocycles. The molecule has 1 atom stereocenters. The van der Waals surface area contributed by atoms with Crippen molar-refractivity contribution in [1.29, 1.82) is 0 Å². The molecule has 2 N–H and O–H groups in total. The lowest BCUT2D eigenvalue weighted by Crippen LogP contribution is -2.46. The third kappa shape index (κ3) is 6.49. The standard InChI is InChI=1S/C22H26ClN3O4/c1-14(2)12-18(25-21(27)15-8-10-17(23)11-9-15)22(28)26-24-13-16-6-5-7-19(29-3)20(16)30-4/h5-11,13-14,18H,12H2,1-4H3,(H,25,27)(H,26,28)/b24-13+. The topological polar surface area (TPSA) is 89.0 Å². The van der Waals surface area contributed by atoms with Gasteiger partial charge in [-0.15, -0.1) is 0 Å². The lowest BCUT2D eigenvalue weighted by atomic mass is 10.0. The molecule has 2 aromatic carbocycles. The van der Waals surface area contributed by atoms with Crippen molar-refractivity contribution in [1.82, 2.24) is 10.7 Å². The molecule has 30 heavy (non-hydrogen) atoms. The Bertz CT molecular complexity index is 898. The number of hydrogen-bond acceptors (Lipinski definition) is 5. The van der Waals surface area contributed by atoms with Crippen LogP contribution in [-0.4, -0.2) is 38.3 Å². The van der Waals surface area contributed by atoms with E-state index in [0.717, 1.165) is 0 Å². The molecular weight excluding hydrogens is 406 g/mol. The number of nitrogens with one attached hydrogen (secondary N) is 2. The van der Waals surface area contributed by atoms with Crippen molar-refractivity contribution in [2.75, 3.05) is 14.2 Å². The van der Waals surface area contributed by atoms with Crippen LogP contribution in [0.15, 0.2) is 47.6 Å². The number of carbonyl (C=O) groups excluding carboxylic acids is 2. The number of nitrogens with zero attached hydrogens (tertiary/aromatic N) is 1. The fourth-order valence-electron chi connectivity index (χ4n) is 2.80. The van der Waals surface area contributed by atoms with Crippen molar-refractivity contribution in [3.8, 4) is 11.5 Å². The third-order valence-electron chi connectivity index (χ3n) is 4.25. The third-order valence-corrected chi connectivity index (χ3v) is 4.50. The smallest absolute Gasteiger partial charge is 0.262 e. The molecule has 0 fully saturated rings. The Labute approximate surface area is 181 Å². The van der Waals surface area contributed by atoms with E-state index in [4.69, 9.17) is 21.1 Å². The van der Waals surface area contributed by atoms with Crippen LogP contribution in [0.2, 0.25) is 5.02 Å². The van der Waals surface area contributed by atoms with E-state index in [-0.39, 0.29) is 11.8 Å². The lowest BCUT2D eigenvalue weighted by molar-refractivity contribution is -0.123. The predicted octanol–water partition coefficient (Wildman–Crippen LogP) is 3.65. The average Bonchev–Trinajstić information content (AvgIpc) is 2.72. The number of ether oxygens (including phenoxy) is 2. The SMILES string of the molecule is COc1cccc(/C=N/NC(=O)C(CC(C)C)NC(=O)c2ccc(Cl)cc2)c1OC. The predicted molar refractivity (Wildman–Crippen MR) is 117 cm³/mol. The molecule has 0 aliphatic heterocycles. The van der Waals surface area contributed by atoms with Crippen LogP contribution in [0.3, 0.4) is 0 Å². The second-order valence-electron chi connectivity index (χ2n) is 6.98. The molecule has 0 bridgehead atoms. The summed E-state index contributed by atoms with van der Waals surface area (Å²) in [6, 6.07) is 11.1. The zero-order valence-electron chi connectivity index (χ0n) is 17.4. The first-order valence-electron chi connectivity index (χ1n) is 9.46. The van der Waals surface area contributed by atoms with Gasteiger partial charge in [0.05, 0.1) is 20.4 Å². The van der Waals surface area contributed by atoms with Gasteiger partial charge in [-0.3, -0.25) is 9.59 Å². The molecule has 7 nitrogen and oxygen atoms in total. The van der Waals surface area contributed by atoms with Crippen LogP contribution in [-0.2, 0) is 4.79 Å². The van der Waals surface area contributed by atoms with Crippen molar-refractivity contribution >= 4 is 29.6 Å². The van der Waals surface area contributed by atoms with Crippen LogP contribution in [0.1, 0.15) is 36.2 Å². The van der Waals surface area contributed by atoms with E-state index in [1.807, 2.05) is 13.8 Å². The molecule has 2 aromatic rings. The number of halogens is 1. The summed E-state index contributed by atoms with van der Waals surface area (Å²) in [5.41, 5.74) is 3.55. The molecule has 8 heteroatoms. The molecule has 0 saturated carbocycles. The first-order chi connectivity index (χ1) is 14.3. The van der Waals surface area contributed by atoms with Gasteiger partial charge in [-0.2, -0.15) is 5.10 Å². The Kier molecular flexibility index (Phi) is 8.68. The van der Waals surface area contributed by atoms with E-state index in [9.17, 15) is 9.59 Å². The Hall–Kier alpha value is -3.06. The minimum atomic E-state index is -0.738. The summed E-state index contributed by atoms with van der Waals surface area (Å²) in [7, 11) is 3.07. The van der Waals surface area contributed by atoms with Crippen molar-refractivity contribution in [3.63, 3.8) is 0 Å². The number of para-hydroxylation sites is 1. The maximum atomic E-state index is 12.7. The molecule has 0 radical (unpaired) electrons. The summed E-state index contributed by atoms with van der Waals surface area (Å²) < 4.78 is 10.6. The molecule has 0 heterocycles. The molecule has 0 aromatic heterocycles. The van der Waals surface area contributed by atoms with Crippen molar-refractivity contribution in [2.24, 2.45) is 11.0 Å². The number of hydrazone groups is 1. The van der Waals surface area contributed by atoms with Crippen molar-refractivity contribution < 1.29 is 19.1 Å². The van der Waals surface area contributed by atoms with Gasteiger partial charge in [0.25, 0.3) is 11.8 Å². The Balaban J connectivity index is 2.09. The zero-order chi connectivity index (χ0) is 22.1. The quantitative estimate of drug-likeness (QED) is 0.468. The maximum Gasteiger partial charge on any atom is 0.262 e. The lowest BCUT2D eigenvalue weighted by Gasteiger charge is -2.19. The molecule has 160 valence electrons. The maximum absolute atomic E-state index is 12.7. The summed E-state index contributed by atoms with van der Waals surface area (Å²) in [5.74, 6) is 0.484. The van der Waals surface area contributed by atoms with Crippen molar-refractivity contribution in [2.45, 2.75) is 26.3 Å². The van der Waals surface area contributed by atoms with Gasteiger partial charge in [0.15, 0.2) is 11.5 Å². The monoisotopic (exact) mass is 431 g/mol. The van der Waals surface area contributed by atoms with Gasteiger partial charge >= 0.3 is 0 Å². The summed E-state index contributed by atoms with van der Waals surface area (Å²) in [6.07, 6.45) is 1.93. The molecular formula is C22H26ClN3O4. The molecule has 0 aliphatic rings. The highest BCUT2D eigenvalue weighted by atomic mass is 35.5. The van der Waals surface area contributed by atoms with Gasteiger partial charge in [0.2, 0.25) is 0 Å². The van der Waals surface area contributed by atoms with E-state index >= 15 is 0 Å².